The van der Waals surface area contributed by atoms with Gasteiger partial charge in [0, 0.05) is 23.7 Å². The highest BCUT2D eigenvalue weighted by Gasteiger charge is 2.23. The molecule has 0 aromatic heterocycles. The number of rotatable bonds is 6. The van der Waals surface area contributed by atoms with Gasteiger partial charge in [-0.15, -0.1) is 0 Å². The number of carbonyl (C=O) groups excluding carboxylic acids is 1. The molecule has 116 valence electrons. The zero-order valence-corrected chi connectivity index (χ0v) is 13.4. The fourth-order valence-electron chi connectivity index (χ4n) is 2.51. The van der Waals surface area contributed by atoms with Gasteiger partial charge < -0.3 is 15.0 Å². The third-order valence-electron chi connectivity index (χ3n) is 3.70. The van der Waals surface area contributed by atoms with Crippen LogP contribution in [-0.2, 0) is 4.79 Å². The van der Waals surface area contributed by atoms with Crippen LogP contribution >= 0.6 is 11.6 Å². The minimum Gasteiger partial charge on any atom is -0.484 e. The van der Waals surface area contributed by atoms with Crippen LogP contribution in [0.25, 0.3) is 0 Å². The van der Waals surface area contributed by atoms with Crippen LogP contribution in [0.2, 0.25) is 5.02 Å². The van der Waals surface area contributed by atoms with Gasteiger partial charge in [0.15, 0.2) is 6.61 Å². The van der Waals surface area contributed by atoms with E-state index in [1.54, 1.807) is 24.3 Å². The maximum Gasteiger partial charge on any atom is 0.260 e. The van der Waals surface area contributed by atoms with E-state index in [1.165, 1.54) is 6.42 Å². The topological polar surface area (TPSA) is 41.6 Å². The van der Waals surface area contributed by atoms with Crippen molar-refractivity contribution in [2.45, 2.75) is 38.8 Å². The molecule has 1 saturated heterocycles. The predicted octanol–water partition coefficient (Wildman–Crippen LogP) is 2.71. The first-order chi connectivity index (χ1) is 10.1. The molecule has 0 saturated carbocycles. The van der Waals surface area contributed by atoms with E-state index in [9.17, 15) is 4.79 Å². The molecule has 0 radical (unpaired) electrons. The molecule has 0 bridgehead atoms. The fraction of sp³-hybridized carbons (Fsp3) is 0.562. The van der Waals surface area contributed by atoms with Crippen molar-refractivity contribution < 1.29 is 9.53 Å². The van der Waals surface area contributed by atoms with Gasteiger partial charge in [-0.3, -0.25) is 4.79 Å². The van der Waals surface area contributed by atoms with E-state index in [2.05, 4.69) is 5.32 Å². The molecule has 4 nitrogen and oxygen atoms in total. The molecule has 1 aliphatic rings. The van der Waals surface area contributed by atoms with Crippen LogP contribution in [0.3, 0.4) is 0 Å². The molecule has 1 atom stereocenters. The van der Waals surface area contributed by atoms with Crippen LogP contribution in [0.5, 0.6) is 5.75 Å². The van der Waals surface area contributed by atoms with Crippen molar-refractivity contribution in [3.8, 4) is 5.75 Å². The molecule has 1 aliphatic heterocycles. The molecule has 1 aromatic carbocycles. The minimum atomic E-state index is 0.0219. The highest BCUT2D eigenvalue weighted by molar-refractivity contribution is 6.30. The summed E-state index contributed by atoms with van der Waals surface area (Å²) in [5.41, 5.74) is 0. The highest BCUT2D eigenvalue weighted by atomic mass is 35.5. The smallest absolute Gasteiger partial charge is 0.260 e. The Morgan fingerprint density at radius 2 is 2.14 bits per heavy atom. The maximum atomic E-state index is 12.4. The van der Waals surface area contributed by atoms with Gasteiger partial charge in [0.25, 0.3) is 5.91 Å². The summed E-state index contributed by atoms with van der Waals surface area (Å²) in [5, 5.41) is 4.08. The molecule has 0 spiro atoms. The van der Waals surface area contributed by atoms with E-state index < -0.39 is 0 Å². The zero-order valence-electron chi connectivity index (χ0n) is 12.6. The van der Waals surface area contributed by atoms with Crippen LogP contribution in [-0.4, -0.2) is 42.6 Å². The van der Waals surface area contributed by atoms with Crippen molar-refractivity contribution >= 4 is 17.5 Å². The average Bonchev–Trinajstić information content (AvgIpc) is 2.96. The monoisotopic (exact) mass is 310 g/mol. The summed E-state index contributed by atoms with van der Waals surface area (Å²) in [6, 6.07) is 7.64. The van der Waals surface area contributed by atoms with Crippen molar-refractivity contribution in [1.29, 1.82) is 0 Å². The number of ether oxygens (including phenoxy) is 1. The van der Waals surface area contributed by atoms with Crippen LogP contribution < -0.4 is 10.1 Å². The lowest BCUT2D eigenvalue weighted by atomic mass is 10.2. The minimum absolute atomic E-state index is 0.0219. The van der Waals surface area contributed by atoms with Gasteiger partial charge in [0.2, 0.25) is 0 Å². The number of carbonyl (C=O) groups is 1. The molecular formula is C16H23ClN2O2. The van der Waals surface area contributed by atoms with Gasteiger partial charge in [-0.05, 0) is 57.5 Å². The predicted molar refractivity (Wildman–Crippen MR) is 84.8 cm³/mol. The van der Waals surface area contributed by atoms with E-state index >= 15 is 0 Å². The molecule has 1 unspecified atom stereocenters. The molecule has 1 amide bonds. The average molecular weight is 311 g/mol. The Kier molecular flexibility index (Phi) is 5.88. The van der Waals surface area contributed by atoms with Crippen LogP contribution in [0.4, 0.5) is 0 Å². The summed E-state index contributed by atoms with van der Waals surface area (Å²) in [6.45, 7) is 5.93. The van der Waals surface area contributed by atoms with Crippen molar-refractivity contribution in [3.05, 3.63) is 29.3 Å². The Bertz CT molecular complexity index is 456. The Morgan fingerprint density at radius 3 is 2.71 bits per heavy atom. The lowest BCUT2D eigenvalue weighted by Gasteiger charge is -2.29. The van der Waals surface area contributed by atoms with Gasteiger partial charge in [0.05, 0.1) is 0 Å². The second-order valence-electron chi connectivity index (χ2n) is 5.68. The molecule has 21 heavy (non-hydrogen) atoms. The Hall–Kier alpha value is -1.26. The van der Waals surface area contributed by atoms with Gasteiger partial charge in [0.1, 0.15) is 5.75 Å². The summed E-state index contributed by atoms with van der Waals surface area (Å²) < 4.78 is 5.55. The molecule has 2 rings (SSSR count). The van der Waals surface area contributed by atoms with Crippen LogP contribution in [0, 0.1) is 0 Å². The number of halogens is 1. The Labute approximate surface area is 131 Å². The molecule has 1 aromatic rings. The third kappa shape index (κ3) is 4.90. The molecule has 5 heteroatoms. The molecule has 1 N–H and O–H groups in total. The van der Waals surface area contributed by atoms with Crippen molar-refractivity contribution in [1.82, 2.24) is 10.2 Å². The lowest BCUT2D eigenvalue weighted by Crippen LogP contribution is -2.46. The largest absolute Gasteiger partial charge is 0.484 e. The van der Waals surface area contributed by atoms with E-state index in [4.69, 9.17) is 16.3 Å². The maximum absolute atomic E-state index is 12.4. The molecule has 1 heterocycles. The van der Waals surface area contributed by atoms with Gasteiger partial charge in [-0.25, -0.2) is 0 Å². The van der Waals surface area contributed by atoms with E-state index in [-0.39, 0.29) is 18.6 Å². The van der Waals surface area contributed by atoms with E-state index in [0.717, 1.165) is 19.5 Å². The third-order valence-corrected chi connectivity index (χ3v) is 3.95. The summed E-state index contributed by atoms with van der Waals surface area (Å²) in [7, 11) is 0. The summed E-state index contributed by atoms with van der Waals surface area (Å²) >= 11 is 5.82. The number of hydrogen-bond donors (Lipinski definition) is 1. The normalized spacial score (nSPS) is 18.0. The van der Waals surface area contributed by atoms with Crippen LogP contribution in [0.1, 0.15) is 26.7 Å². The number of benzene rings is 1. The van der Waals surface area contributed by atoms with Crippen molar-refractivity contribution in [2.24, 2.45) is 0 Å². The highest BCUT2D eigenvalue weighted by Crippen LogP contribution is 2.16. The summed E-state index contributed by atoms with van der Waals surface area (Å²) in [4.78, 5) is 14.2. The Balaban J connectivity index is 1.87. The van der Waals surface area contributed by atoms with E-state index in [0.29, 0.717) is 16.8 Å². The SMILES string of the molecule is CC(C)N(CC1CCCN1)C(=O)COc1ccc(Cl)cc1. The molecular weight excluding hydrogens is 288 g/mol. The standard InChI is InChI=1S/C16H23ClN2O2/c1-12(2)19(10-14-4-3-9-18-14)16(20)11-21-15-7-5-13(17)6-8-15/h5-8,12,14,18H,3-4,9-11H2,1-2H3. The van der Waals surface area contributed by atoms with Gasteiger partial charge in [-0.1, -0.05) is 11.6 Å². The number of nitrogens with one attached hydrogen (secondary N) is 1. The van der Waals surface area contributed by atoms with Gasteiger partial charge >= 0.3 is 0 Å². The zero-order chi connectivity index (χ0) is 15.2. The first kappa shape index (κ1) is 16.1. The summed E-state index contributed by atoms with van der Waals surface area (Å²) in [5.74, 6) is 0.684. The lowest BCUT2D eigenvalue weighted by molar-refractivity contribution is -0.135. The number of nitrogens with zero attached hydrogens (tertiary/aromatic N) is 1. The fourth-order valence-corrected chi connectivity index (χ4v) is 2.64. The second-order valence-corrected chi connectivity index (χ2v) is 6.11. The molecule has 1 fully saturated rings. The quantitative estimate of drug-likeness (QED) is 0.878. The number of amides is 1. The number of hydrogen-bond acceptors (Lipinski definition) is 3. The van der Waals surface area contributed by atoms with E-state index in [1.807, 2.05) is 18.7 Å². The van der Waals surface area contributed by atoms with Crippen molar-refractivity contribution in [2.75, 3.05) is 19.7 Å². The molecule has 0 aliphatic carbocycles. The first-order valence-electron chi connectivity index (χ1n) is 7.47. The first-order valence-corrected chi connectivity index (χ1v) is 7.85. The van der Waals surface area contributed by atoms with Crippen molar-refractivity contribution in [3.63, 3.8) is 0 Å². The van der Waals surface area contributed by atoms with Gasteiger partial charge in [-0.2, -0.15) is 0 Å². The second kappa shape index (κ2) is 7.66. The Morgan fingerprint density at radius 1 is 1.43 bits per heavy atom. The summed E-state index contributed by atoms with van der Waals surface area (Å²) in [6.07, 6.45) is 2.32. The van der Waals surface area contributed by atoms with Crippen LogP contribution in [0.15, 0.2) is 24.3 Å².